The summed E-state index contributed by atoms with van der Waals surface area (Å²) in [6.45, 7) is 2.34. The molecule has 1 fully saturated rings. The van der Waals surface area contributed by atoms with E-state index in [2.05, 4.69) is 15.6 Å². The number of likely N-dealkylation sites (tertiary alicyclic amines) is 1. The second-order valence-electron chi connectivity index (χ2n) is 8.21. The van der Waals surface area contributed by atoms with Crippen LogP contribution in [0.3, 0.4) is 0 Å². The summed E-state index contributed by atoms with van der Waals surface area (Å²) in [5, 5.41) is 0.274. The molecular weight excluding hydrogens is 507 g/mol. The molecule has 2 aromatic carbocycles. The molecule has 1 aliphatic heterocycles. The molecule has 3 aromatic rings. The highest BCUT2D eigenvalue weighted by molar-refractivity contribution is 7.12. The Balaban J connectivity index is 1.76. The fraction of sp³-hybridized carbons (Fsp3) is 0.269. The van der Waals surface area contributed by atoms with Crippen LogP contribution in [-0.4, -0.2) is 47.8 Å². The number of aromatic nitrogens is 1. The number of methoxy groups -OCH3 is 1. The Morgan fingerprint density at radius 1 is 1.24 bits per heavy atom. The van der Waals surface area contributed by atoms with Gasteiger partial charge in [0.15, 0.2) is 5.01 Å². The van der Waals surface area contributed by atoms with Crippen molar-refractivity contribution in [1.29, 1.82) is 0 Å². The normalized spacial score (nSPS) is 15.4. The summed E-state index contributed by atoms with van der Waals surface area (Å²) < 4.78 is 48.3. The maximum Gasteiger partial charge on any atom is 0.573 e. The van der Waals surface area contributed by atoms with Gasteiger partial charge in [0.05, 0.1) is 12.8 Å². The molecule has 192 valence electrons. The number of hydrogen-bond donors (Lipinski definition) is 0. The molecule has 0 N–H and O–H groups in total. The van der Waals surface area contributed by atoms with Gasteiger partial charge in [-0.25, -0.2) is 4.98 Å². The number of nitrogens with zero attached hydrogens (tertiary/aromatic N) is 3. The Morgan fingerprint density at radius 2 is 1.95 bits per heavy atom. The molecule has 0 saturated carbocycles. The maximum atomic E-state index is 13.8. The third-order valence-corrected chi connectivity index (χ3v) is 6.65. The maximum absolute atomic E-state index is 13.8. The lowest BCUT2D eigenvalue weighted by Crippen LogP contribution is -2.46. The van der Waals surface area contributed by atoms with E-state index in [9.17, 15) is 22.8 Å². The number of hydrogen-bond acceptors (Lipinski definition) is 6. The molecule has 37 heavy (non-hydrogen) atoms. The SMILES string of the molecule is C#Cc1nc(C(=O)N(c2cc(OC)cc(OC(F)(F)F)c2)C2CCN(Cc3ccccc3)C2=O)c(C)s1. The number of anilines is 1. The van der Waals surface area contributed by atoms with Crippen LogP contribution >= 0.6 is 11.3 Å². The zero-order valence-electron chi connectivity index (χ0n) is 19.9. The van der Waals surface area contributed by atoms with Gasteiger partial charge in [0, 0.05) is 36.2 Å². The lowest BCUT2D eigenvalue weighted by atomic mass is 10.1. The molecule has 1 aromatic heterocycles. The van der Waals surface area contributed by atoms with Gasteiger partial charge in [0.25, 0.3) is 5.91 Å². The molecule has 1 saturated heterocycles. The van der Waals surface area contributed by atoms with E-state index in [-0.39, 0.29) is 34.5 Å². The van der Waals surface area contributed by atoms with E-state index < -0.39 is 24.1 Å². The van der Waals surface area contributed by atoms with Crippen LogP contribution in [0.2, 0.25) is 0 Å². The van der Waals surface area contributed by atoms with Crippen molar-refractivity contribution in [3.05, 3.63) is 69.7 Å². The van der Waals surface area contributed by atoms with Crippen molar-refractivity contribution in [2.45, 2.75) is 32.3 Å². The van der Waals surface area contributed by atoms with E-state index in [4.69, 9.17) is 11.2 Å². The molecule has 1 aliphatic rings. The van der Waals surface area contributed by atoms with Gasteiger partial charge in [-0.15, -0.1) is 30.9 Å². The lowest BCUT2D eigenvalue weighted by Gasteiger charge is -2.29. The van der Waals surface area contributed by atoms with Gasteiger partial charge in [0.1, 0.15) is 23.2 Å². The van der Waals surface area contributed by atoms with Crippen molar-refractivity contribution in [3.8, 4) is 23.8 Å². The highest BCUT2D eigenvalue weighted by atomic mass is 32.1. The molecule has 1 atom stereocenters. The molecule has 0 aliphatic carbocycles. The van der Waals surface area contributed by atoms with E-state index >= 15 is 0 Å². The van der Waals surface area contributed by atoms with Crippen molar-refractivity contribution in [2.75, 3.05) is 18.6 Å². The topological polar surface area (TPSA) is 72.0 Å². The number of alkyl halides is 3. The quantitative estimate of drug-likeness (QED) is 0.412. The first-order valence-corrected chi connectivity index (χ1v) is 12.0. The van der Waals surface area contributed by atoms with Crippen molar-refractivity contribution < 1.29 is 32.2 Å². The van der Waals surface area contributed by atoms with E-state index in [0.717, 1.165) is 33.9 Å². The van der Waals surface area contributed by atoms with Crippen LogP contribution in [0.4, 0.5) is 18.9 Å². The van der Waals surface area contributed by atoms with Crippen LogP contribution < -0.4 is 14.4 Å². The number of amides is 2. The molecule has 1 unspecified atom stereocenters. The summed E-state index contributed by atoms with van der Waals surface area (Å²) in [6, 6.07) is 11.8. The standard InChI is InChI=1S/C26H22F3N3O4S/c1-4-22-30-23(16(2)37-22)25(34)32(18-12-19(35-3)14-20(13-18)36-26(27,28)29)21-10-11-31(24(21)33)15-17-8-6-5-7-9-17/h1,5-9,12-14,21H,10-11,15H2,2-3H3. The van der Waals surface area contributed by atoms with E-state index in [1.165, 1.54) is 13.2 Å². The zero-order chi connectivity index (χ0) is 26.7. The van der Waals surface area contributed by atoms with Crippen molar-refractivity contribution in [1.82, 2.24) is 9.88 Å². The van der Waals surface area contributed by atoms with E-state index in [1.54, 1.807) is 11.8 Å². The van der Waals surface area contributed by atoms with Gasteiger partial charge in [-0.3, -0.25) is 14.5 Å². The van der Waals surface area contributed by atoms with Crippen LogP contribution in [0.25, 0.3) is 0 Å². The number of ether oxygens (including phenoxy) is 2. The first-order chi connectivity index (χ1) is 17.6. The Labute approximate surface area is 215 Å². The Bertz CT molecular complexity index is 1350. The molecular formula is C26H22F3N3O4S. The molecule has 0 spiro atoms. The number of terminal acetylenes is 1. The highest BCUT2D eigenvalue weighted by Gasteiger charge is 2.41. The number of thiazole rings is 1. The monoisotopic (exact) mass is 529 g/mol. The van der Waals surface area contributed by atoms with Gasteiger partial charge in [-0.2, -0.15) is 0 Å². The first kappa shape index (κ1) is 26.0. The van der Waals surface area contributed by atoms with Gasteiger partial charge < -0.3 is 14.4 Å². The van der Waals surface area contributed by atoms with Crippen LogP contribution in [0.15, 0.2) is 48.5 Å². The predicted molar refractivity (Wildman–Crippen MR) is 132 cm³/mol. The van der Waals surface area contributed by atoms with Gasteiger partial charge in [-0.05, 0) is 24.8 Å². The second-order valence-corrected chi connectivity index (χ2v) is 9.41. The summed E-state index contributed by atoms with van der Waals surface area (Å²) in [5.74, 6) is 0.797. The molecule has 0 radical (unpaired) electrons. The molecule has 11 heteroatoms. The second kappa shape index (κ2) is 10.5. The van der Waals surface area contributed by atoms with Gasteiger partial charge in [0.2, 0.25) is 5.91 Å². The number of rotatable bonds is 7. The Hall–Kier alpha value is -4.04. The van der Waals surface area contributed by atoms with Crippen LogP contribution in [-0.2, 0) is 11.3 Å². The van der Waals surface area contributed by atoms with Crippen molar-refractivity contribution in [3.63, 3.8) is 0 Å². The Morgan fingerprint density at radius 3 is 2.57 bits per heavy atom. The smallest absolute Gasteiger partial charge is 0.497 e. The number of carbonyl (C=O) groups excluding carboxylic acids is 2. The summed E-state index contributed by atoms with van der Waals surface area (Å²) in [7, 11) is 1.27. The van der Waals surface area contributed by atoms with Crippen molar-refractivity contribution in [2.24, 2.45) is 0 Å². The summed E-state index contributed by atoms with van der Waals surface area (Å²) in [6.07, 6.45) is 0.733. The lowest BCUT2D eigenvalue weighted by molar-refractivity contribution is -0.274. The average Bonchev–Trinajstić information content (AvgIpc) is 3.41. The zero-order valence-corrected chi connectivity index (χ0v) is 20.7. The molecule has 4 rings (SSSR count). The van der Waals surface area contributed by atoms with E-state index in [0.29, 0.717) is 18.0 Å². The molecule has 2 heterocycles. The van der Waals surface area contributed by atoms with Crippen LogP contribution in [0, 0.1) is 19.3 Å². The minimum Gasteiger partial charge on any atom is -0.497 e. The number of aryl methyl sites for hydroxylation is 1. The predicted octanol–water partition coefficient (Wildman–Crippen LogP) is 4.79. The first-order valence-electron chi connectivity index (χ1n) is 11.1. The Kier molecular flexibility index (Phi) is 7.40. The summed E-state index contributed by atoms with van der Waals surface area (Å²) in [4.78, 5) is 34.8. The molecule has 0 bridgehead atoms. The third-order valence-electron chi connectivity index (χ3n) is 5.75. The third kappa shape index (κ3) is 5.86. The van der Waals surface area contributed by atoms with Gasteiger partial charge >= 0.3 is 6.36 Å². The highest BCUT2D eigenvalue weighted by Crippen LogP contribution is 2.36. The number of halogens is 3. The van der Waals surface area contributed by atoms with Crippen LogP contribution in [0.1, 0.15) is 32.4 Å². The minimum atomic E-state index is -4.97. The van der Waals surface area contributed by atoms with Crippen molar-refractivity contribution >= 4 is 28.8 Å². The van der Waals surface area contributed by atoms with Gasteiger partial charge in [-0.1, -0.05) is 30.3 Å². The fourth-order valence-electron chi connectivity index (χ4n) is 4.14. The summed E-state index contributed by atoms with van der Waals surface area (Å²) >= 11 is 1.13. The number of carbonyl (C=O) groups is 2. The molecule has 2 amide bonds. The van der Waals surface area contributed by atoms with E-state index in [1.807, 2.05) is 30.3 Å². The minimum absolute atomic E-state index is 0.00170. The number of benzene rings is 2. The average molecular weight is 530 g/mol. The molecule has 7 nitrogen and oxygen atoms in total. The fourth-order valence-corrected chi connectivity index (χ4v) is 4.85. The van der Waals surface area contributed by atoms with Crippen LogP contribution in [0.5, 0.6) is 11.5 Å². The summed E-state index contributed by atoms with van der Waals surface area (Å²) in [5.41, 5.74) is 0.928. The largest absolute Gasteiger partial charge is 0.573 e.